The van der Waals surface area contributed by atoms with Crippen LogP contribution in [0.3, 0.4) is 0 Å². The summed E-state index contributed by atoms with van der Waals surface area (Å²) >= 11 is 0. The molecule has 3 rings (SSSR count). The van der Waals surface area contributed by atoms with Gasteiger partial charge in [-0.25, -0.2) is 4.68 Å². The highest BCUT2D eigenvalue weighted by Gasteiger charge is 2.30. The molecule has 0 aliphatic rings. The highest BCUT2D eigenvalue weighted by atomic mass is 19.4. The zero-order valence-corrected chi connectivity index (χ0v) is 13.4. The van der Waals surface area contributed by atoms with Crippen LogP contribution in [-0.2, 0) is 12.7 Å². The third kappa shape index (κ3) is 3.53. The Hall–Kier alpha value is -3.30. The molecular formula is C16H12F3N5O2. The van der Waals surface area contributed by atoms with Crippen molar-refractivity contribution < 1.29 is 18.1 Å². The fraction of sp³-hybridized carbons (Fsp3) is 0.188. The van der Waals surface area contributed by atoms with E-state index in [9.17, 15) is 23.3 Å². The number of aryl methyl sites for hydroxylation is 1. The molecule has 0 fully saturated rings. The van der Waals surface area contributed by atoms with Crippen molar-refractivity contribution in [3.63, 3.8) is 0 Å². The molecule has 0 bridgehead atoms. The fourth-order valence-corrected chi connectivity index (χ4v) is 2.52. The quantitative estimate of drug-likeness (QED) is 0.522. The van der Waals surface area contributed by atoms with Crippen LogP contribution in [0.25, 0.3) is 11.4 Å². The van der Waals surface area contributed by atoms with Crippen molar-refractivity contribution in [1.29, 1.82) is 0 Å². The molecule has 0 saturated heterocycles. The van der Waals surface area contributed by atoms with Gasteiger partial charge in [0.2, 0.25) is 0 Å². The molecule has 0 radical (unpaired) electrons. The van der Waals surface area contributed by atoms with Crippen molar-refractivity contribution in [1.82, 2.24) is 20.2 Å². The highest BCUT2D eigenvalue weighted by molar-refractivity contribution is 5.55. The Labute approximate surface area is 145 Å². The van der Waals surface area contributed by atoms with Gasteiger partial charge in [-0.2, -0.15) is 13.2 Å². The zero-order chi connectivity index (χ0) is 18.9. The second-order valence-electron chi connectivity index (χ2n) is 5.61. The van der Waals surface area contributed by atoms with Gasteiger partial charge < -0.3 is 0 Å². The lowest BCUT2D eigenvalue weighted by Crippen LogP contribution is -2.06. The minimum Gasteiger partial charge on any atom is -0.258 e. The number of nitro benzene ring substituents is 1. The van der Waals surface area contributed by atoms with Crippen LogP contribution in [0.4, 0.5) is 18.9 Å². The van der Waals surface area contributed by atoms with E-state index in [1.165, 1.54) is 22.9 Å². The van der Waals surface area contributed by atoms with Gasteiger partial charge in [-0.05, 0) is 41.1 Å². The van der Waals surface area contributed by atoms with Crippen molar-refractivity contribution in [2.45, 2.75) is 19.6 Å². The molecule has 0 aliphatic heterocycles. The number of nitro groups is 1. The van der Waals surface area contributed by atoms with Crippen LogP contribution in [0.15, 0.2) is 42.5 Å². The van der Waals surface area contributed by atoms with Crippen LogP contribution in [0.5, 0.6) is 0 Å². The fourth-order valence-electron chi connectivity index (χ4n) is 2.52. The maximum Gasteiger partial charge on any atom is 0.416 e. The number of benzene rings is 2. The van der Waals surface area contributed by atoms with Crippen LogP contribution in [-0.4, -0.2) is 25.1 Å². The molecule has 7 nitrogen and oxygen atoms in total. The summed E-state index contributed by atoms with van der Waals surface area (Å²) in [5.41, 5.74) is 0.909. The molecule has 0 aliphatic carbocycles. The molecule has 0 amide bonds. The average molecular weight is 363 g/mol. The monoisotopic (exact) mass is 363 g/mol. The van der Waals surface area contributed by atoms with E-state index in [0.29, 0.717) is 17.0 Å². The van der Waals surface area contributed by atoms with Gasteiger partial charge in [-0.1, -0.05) is 18.2 Å². The predicted molar refractivity (Wildman–Crippen MR) is 85.2 cm³/mol. The van der Waals surface area contributed by atoms with E-state index in [4.69, 9.17) is 0 Å². The molecule has 2 aromatic carbocycles. The van der Waals surface area contributed by atoms with Crippen LogP contribution in [0, 0.1) is 17.0 Å². The van der Waals surface area contributed by atoms with Crippen LogP contribution in [0.1, 0.15) is 16.7 Å². The molecule has 0 atom stereocenters. The zero-order valence-electron chi connectivity index (χ0n) is 13.4. The molecule has 1 heterocycles. The maximum absolute atomic E-state index is 12.7. The van der Waals surface area contributed by atoms with Gasteiger partial charge in [-0.15, -0.1) is 5.10 Å². The summed E-state index contributed by atoms with van der Waals surface area (Å²) in [5, 5.41) is 22.1. The van der Waals surface area contributed by atoms with Gasteiger partial charge in [0.05, 0.1) is 17.0 Å². The van der Waals surface area contributed by atoms with Gasteiger partial charge in [-0.3, -0.25) is 10.1 Å². The number of rotatable bonds is 4. The first-order chi connectivity index (χ1) is 12.3. The van der Waals surface area contributed by atoms with E-state index in [1.807, 2.05) is 0 Å². The molecule has 1 aromatic heterocycles. The topological polar surface area (TPSA) is 86.7 Å². The van der Waals surface area contributed by atoms with Gasteiger partial charge in [0.1, 0.15) is 0 Å². The minimum absolute atomic E-state index is 0.00780. The lowest BCUT2D eigenvalue weighted by molar-refractivity contribution is -0.385. The minimum atomic E-state index is -4.42. The van der Waals surface area contributed by atoms with Crippen molar-refractivity contribution >= 4 is 5.69 Å². The third-order valence-corrected chi connectivity index (χ3v) is 3.79. The second kappa shape index (κ2) is 6.54. The normalized spacial score (nSPS) is 11.5. The number of halogens is 3. The highest BCUT2D eigenvalue weighted by Crippen LogP contribution is 2.30. The maximum atomic E-state index is 12.7. The number of alkyl halides is 3. The van der Waals surface area contributed by atoms with Crippen molar-refractivity contribution in [2.24, 2.45) is 0 Å². The van der Waals surface area contributed by atoms with Gasteiger partial charge >= 0.3 is 6.18 Å². The second-order valence-corrected chi connectivity index (χ2v) is 5.61. The van der Waals surface area contributed by atoms with E-state index < -0.39 is 16.7 Å². The van der Waals surface area contributed by atoms with Gasteiger partial charge in [0.15, 0.2) is 5.82 Å². The van der Waals surface area contributed by atoms with E-state index in [1.54, 1.807) is 19.1 Å². The molecule has 0 unspecified atom stereocenters. The molecule has 3 aromatic rings. The number of hydrogen-bond acceptors (Lipinski definition) is 5. The average Bonchev–Trinajstić information content (AvgIpc) is 3.02. The summed E-state index contributed by atoms with van der Waals surface area (Å²) in [6, 6.07) is 9.15. The number of tetrazole rings is 1. The van der Waals surface area contributed by atoms with Crippen molar-refractivity contribution in [3.05, 3.63) is 69.3 Å². The summed E-state index contributed by atoms with van der Waals surface area (Å²) in [6.07, 6.45) is -4.42. The first-order valence-corrected chi connectivity index (χ1v) is 7.43. The summed E-state index contributed by atoms with van der Waals surface area (Å²) in [7, 11) is 0. The van der Waals surface area contributed by atoms with Crippen molar-refractivity contribution in [2.75, 3.05) is 0 Å². The third-order valence-electron chi connectivity index (χ3n) is 3.79. The SMILES string of the molecule is Cc1cc(Cn2nnnc2-c2ccc(C(F)(F)F)cc2)ccc1[N+](=O)[O-]. The molecule has 0 N–H and O–H groups in total. The Morgan fingerprint density at radius 2 is 1.85 bits per heavy atom. The van der Waals surface area contributed by atoms with Crippen LogP contribution < -0.4 is 0 Å². The van der Waals surface area contributed by atoms with E-state index in [2.05, 4.69) is 15.5 Å². The first kappa shape index (κ1) is 17.5. The Kier molecular flexibility index (Phi) is 4.41. The number of aromatic nitrogens is 4. The lowest BCUT2D eigenvalue weighted by Gasteiger charge is -2.08. The Balaban J connectivity index is 1.87. The molecule has 134 valence electrons. The number of nitrogens with zero attached hydrogens (tertiary/aromatic N) is 5. The smallest absolute Gasteiger partial charge is 0.258 e. The summed E-state index contributed by atoms with van der Waals surface area (Å²) < 4.78 is 39.4. The van der Waals surface area contributed by atoms with Gasteiger partial charge in [0, 0.05) is 17.2 Å². The van der Waals surface area contributed by atoms with Gasteiger partial charge in [0.25, 0.3) is 5.69 Å². The van der Waals surface area contributed by atoms with E-state index in [-0.39, 0.29) is 12.2 Å². The van der Waals surface area contributed by atoms with E-state index >= 15 is 0 Å². The van der Waals surface area contributed by atoms with Crippen LogP contribution >= 0.6 is 0 Å². The first-order valence-electron chi connectivity index (χ1n) is 7.43. The molecule has 0 spiro atoms. The van der Waals surface area contributed by atoms with Crippen molar-refractivity contribution in [3.8, 4) is 11.4 Å². The van der Waals surface area contributed by atoms with E-state index in [0.717, 1.165) is 17.7 Å². The summed E-state index contributed by atoms with van der Waals surface area (Å²) in [6.45, 7) is 1.85. The Morgan fingerprint density at radius 3 is 2.42 bits per heavy atom. The Bertz CT molecular complexity index is 951. The number of hydrogen-bond donors (Lipinski definition) is 0. The molecular weight excluding hydrogens is 351 g/mol. The summed E-state index contributed by atoms with van der Waals surface area (Å²) in [5.74, 6) is 0.301. The van der Waals surface area contributed by atoms with Crippen LogP contribution in [0.2, 0.25) is 0 Å². The molecule has 10 heteroatoms. The summed E-state index contributed by atoms with van der Waals surface area (Å²) in [4.78, 5) is 10.4. The lowest BCUT2D eigenvalue weighted by atomic mass is 10.1. The predicted octanol–water partition coefficient (Wildman–Crippen LogP) is 3.62. The molecule has 26 heavy (non-hydrogen) atoms. The standard InChI is InChI=1S/C16H12F3N5O2/c1-10-8-11(2-7-14(10)24(25)26)9-23-15(20-21-22-23)12-3-5-13(6-4-12)16(17,18)19/h2-8H,9H2,1H3. The largest absolute Gasteiger partial charge is 0.416 e. The Morgan fingerprint density at radius 1 is 1.15 bits per heavy atom. The molecule has 0 saturated carbocycles.